The predicted octanol–water partition coefficient (Wildman–Crippen LogP) is 3.97. The topological polar surface area (TPSA) is 49.9 Å². The minimum absolute atomic E-state index is 0.0338. The van der Waals surface area contributed by atoms with E-state index in [1.165, 1.54) is 0 Å². The molecule has 0 aliphatic carbocycles. The molecular formula is C18H11NO2S. The quantitative estimate of drug-likeness (QED) is 0.570. The molecule has 0 saturated heterocycles. The Bertz CT molecular complexity index is 1080. The summed E-state index contributed by atoms with van der Waals surface area (Å²) < 4.78 is 0.802. The maximum absolute atomic E-state index is 12.7. The van der Waals surface area contributed by atoms with E-state index in [1.54, 1.807) is 18.2 Å². The molecule has 0 saturated carbocycles. The Hall–Kier alpha value is -2.72. The average Bonchev–Trinajstić information content (AvgIpc) is 2.92. The smallest absolute Gasteiger partial charge is 0.305 e. The number of hydrogen-bond acceptors (Lipinski definition) is 3. The van der Waals surface area contributed by atoms with Crippen molar-refractivity contribution in [3.8, 4) is 0 Å². The van der Waals surface area contributed by atoms with Gasteiger partial charge in [-0.2, -0.15) is 0 Å². The highest BCUT2D eigenvalue weighted by atomic mass is 32.1. The van der Waals surface area contributed by atoms with Crippen LogP contribution in [0.25, 0.3) is 21.0 Å². The van der Waals surface area contributed by atoms with Crippen LogP contribution in [0.15, 0.2) is 65.5 Å². The first-order chi connectivity index (χ1) is 10.7. The van der Waals surface area contributed by atoms with Crippen LogP contribution < -0.4 is 4.87 Å². The molecule has 0 spiro atoms. The zero-order chi connectivity index (χ0) is 15.1. The molecule has 0 atom stereocenters. The van der Waals surface area contributed by atoms with E-state index in [0.717, 1.165) is 32.3 Å². The van der Waals surface area contributed by atoms with E-state index in [0.29, 0.717) is 11.1 Å². The number of fused-ring (bicyclic) bond motifs is 2. The summed E-state index contributed by atoms with van der Waals surface area (Å²) in [6, 6.07) is 19.0. The van der Waals surface area contributed by atoms with Gasteiger partial charge in [-0.25, -0.2) is 0 Å². The van der Waals surface area contributed by atoms with Gasteiger partial charge in [0.15, 0.2) is 5.78 Å². The van der Waals surface area contributed by atoms with Crippen LogP contribution in [0, 0.1) is 0 Å². The Morgan fingerprint density at radius 3 is 2.45 bits per heavy atom. The number of carbonyl (C=O) groups is 1. The number of aromatic amines is 1. The molecule has 0 bridgehead atoms. The van der Waals surface area contributed by atoms with Crippen molar-refractivity contribution in [1.82, 2.24) is 4.98 Å². The Kier molecular flexibility index (Phi) is 2.91. The number of H-pyrrole nitrogens is 1. The fourth-order valence-corrected chi connectivity index (χ4v) is 3.36. The van der Waals surface area contributed by atoms with Crippen molar-refractivity contribution in [1.29, 1.82) is 0 Å². The highest BCUT2D eigenvalue weighted by molar-refractivity contribution is 7.16. The van der Waals surface area contributed by atoms with Crippen molar-refractivity contribution in [3.05, 3.63) is 81.5 Å². The molecule has 4 heteroatoms. The normalized spacial score (nSPS) is 11.1. The Morgan fingerprint density at radius 2 is 1.59 bits per heavy atom. The second kappa shape index (κ2) is 4.93. The van der Waals surface area contributed by atoms with Crippen LogP contribution in [0.5, 0.6) is 0 Å². The van der Waals surface area contributed by atoms with Gasteiger partial charge in [-0.1, -0.05) is 47.7 Å². The standard InChI is InChI=1S/C18H11NO2S/c20-17(13-6-5-11-3-1-2-4-12(11)9-13)14-7-8-15-16(10-14)22-18(21)19-15/h1-10H,(H,19,21). The Morgan fingerprint density at radius 1 is 0.864 bits per heavy atom. The first-order valence-electron chi connectivity index (χ1n) is 6.87. The maximum Gasteiger partial charge on any atom is 0.305 e. The largest absolute Gasteiger partial charge is 0.312 e. The van der Waals surface area contributed by atoms with Gasteiger partial charge >= 0.3 is 4.87 Å². The summed E-state index contributed by atoms with van der Waals surface area (Å²) in [6.07, 6.45) is 0. The van der Waals surface area contributed by atoms with E-state index in [4.69, 9.17) is 0 Å². The molecule has 0 aliphatic rings. The van der Waals surface area contributed by atoms with Gasteiger partial charge in [0.2, 0.25) is 0 Å². The molecule has 106 valence electrons. The Labute approximate surface area is 129 Å². The van der Waals surface area contributed by atoms with Crippen molar-refractivity contribution in [3.63, 3.8) is 0 Å². The highest BCUT2D eigenvalue weighted by Crippen LogP contribution is 2.21. The van der Waals surface area contributed by atoms with Gasteiger partial charge in [-0.05, 0) is 35.0 Å². The first kappa shape index (κ1) is 13.0. The first-order valence-corrected chi connectivity index (χ1v) is 7.69. The summed E-state index contributed by atoms with van der Waals surface area (Å²) in [5.41, 5.74) is 2.02. The van der Waals surface area contributed by atoms with Crippen molar-refractivity contribution in [2.75, 3.05) is 0 Å². The van der Waals surface area contributed by atoms with Crippen LogP contribution in [-0.2, 0) is 0 Å². The fourth-order valence-electron chi connectivity index (χ4n) is 2.58. The summed E-state index contributed by atoms with van der Waals surface area (Å²) >= 11 is 1.12. The molecular weight excluding hydrogens is 294 g/mol. The number of nitrogens with one attached hydrogen (secondary N) is 1. The van der Waals surface area contributed by atoms with Gasteiger partial charge in [0.25, 0.3) is 0 Å². The summed E-state index contributed by atoms with van der Waals surface area (Å²) in [4.78, 5) is 26.7. The van der Waals surface area contributed by atoms with Crippen LogP contribution in [-0.4, -0.2) is 10.8 Å². The number of carbonyl (C=O) groups excluding carboxylic acids is 1. The van der Waals surface area contributed by atoms with Gasteiger partial charge < -0.3 is 4.98 Å². The average molecular weight is 305 g/mol. The minimum Gasteiger partial charge on any atom is -0.312 e. The number of aromatic nitrogens is 1. The van der Waals surface area contributed by atoms with Gasteiger partial charge in [0.1, 0.15) is 0 Å². The lowest BCUT2D eigenvalue weighted by molar-refractivity contribution is 0.103. The zero-order valence-electron chi connectivity index (χ0n) is 11.5. The molecule has 3 aromatic carbocycles. The minimum atomic E-state index is -0.106. The number of benzene rings is 3. The fraction of sp³-hybridized carbons (Fsp3) is 0. The summed E-state index contributed by atoms with van der Waals surface area (Å²) in [5, 5.41) is 2.15. The van der Waals surface area contributed by atoms with E-state index >= 15 is 0 Å². The molecule has 1 heterocycles. The second-order valence-electron chi connectivity index (χ2n) is 5.12. The molecule has 0 aliphatic heterocycles. The van der Waals surface area contributed by atoms with E-state index in [2.05, 4.69) is 4.98 Å². The highest BCUT2D eigenvalue weighted by Gasteiger charge is 2.11. The third-order valence-corrected chi connectivity index (χ3v) is 4.54. The molecule has 4 aromatic rings. The molecule has 0 fully saturated rings. The number of thiazole rings is 1. The Balaban J connectivity index is 1.81. The molecule has 3 nitrogen and oxygen atoms in total. The molecule has 0 radical (unpaired) electrons. The van der Waals surface area contributed by atoms with E-state index in [-0.39, 0.29) is 10.7 Å². The van der Waals surface area contributed by atoms with E-state index < -0.39 is 0 Å². The SMILES string of the molecule is O=C(c1ccc2ccccc2c1)c1ccc2[nH]c(=O)sc2c1. The van der Waals surface area contributed by atoms with Gasteiger partial charge in [0, 0.05) is 11.1 Å². The molecule has 4 rings (SSSR count). The van der Waals surface area contributed by atoms with Crippen molar-refractivity contribution < 1.29 is 4.79 Å². The number of ketones is 1. The third-order valence-electron chi connectivity index (χ3n) is 3.69. The number of hydrogen-bond donors (Lipinski definition) is 1. The van der Waals surface area contributed by atoms with Crippen LogP contribution in [0.4, 0.5) is 0 Å². The van der Waals surface area contributed by atoms with E-state index in [9.17, 15) is 9.59 Å². The lowest BCUT2D eigenvalue weighted by Crippen LogP contribution is -2.00. The molecule has 1 aromatic heterocycles. The van der Waals surface area contributed by atoms with Gasteiger partial charge in [-0.15, -0.1) is 0 Å². The number of rotatable bonds is 2. The lowest BCUT2D eigenvalue weighted by Gasteiger charge is -2.04. The monoisotopic (exact) mass is 305 g/mol. The van der Waals surface area contributed by atoms with Gasteiger partial charge in [-0.3, -0.25) is 9.59 Å². The summed E-state index contributed by atoms with van der Waals surface area (Å²) in [6.45, 7) is 0. The van der Waals surface area contributed by atoms with Crippen LogP contribution in [0.3, 0.4) is 0 Å². The lowest BCUT2D eigenvalue weighted by atomic mass is 10.00. The molecule has 0 unspecified atom stereocenters. The predicted molar refractivity (Wildman–Crippen MR) is 89.8 cm³/mol. The van der Waals surface area contributed by atoms with Crippen molar-refractivity contribution >= 4 is 38.1 Å². The van der Waals surface area contributed by atoms with Crippen molar-refractivity contribution in [2.45, 2.75) is 0 Å². The summed E-state index contributed by atoms with van der Waals surface area (Å²) in [7, 11) is 0. The van der Waals surface area contributed by atoms with Crippen molar-refractivity contribution in [2.24, 2.45) is 0 Å². The zero-order valence-corrected chi connectivity index (χ0v) is 12.3. The summed E-state index contributed by atoms with van der Waals surface area (Å²) in [5.74, 6) is -0.0338. The van der Waals surface area contributed by atoms with Gasteiger partial charge in [0.05, 0.1) is 10.2 Å². The molecule has 0 amide bonds. The second-order valence-corrected chi connectivity index (χ2v) is 6.13. The van der Waals surface area contributed by atoms with Crippen LogP contribution in [0.1, 0.15) is 15.9 Å². The van der Waals surface area contributed by atoms with Crippen LogP contribution >= 0.6 is 11.3 Å². The molecule has 1 N–H and O–H groups in total. The third kappa shape index (κ3) is 2.14. The van der Waals surface area contributed by atoms with Crippen LogP contribution in [0.2, 0.25) is 0 Å². The molecule has 22 heavy (non-hydrogen) atoms. The maximum atomic E-state index is 12.7. The van der Waals surface area contributed by atoms with E-state index in [1.807, 2.05) is 42.5 Å².